The van der Waals surface area contributed by atoms with E-state index >= 15 is 0 Å². The number of benzene rings is 2. The molecule has 25 heavy (non-hydrogen) atoms. The third kappa shape index (κ3) is 4.47. The van der Waals surface area contributed by atoms with Gasteiger partial charge in [0.2, 0.25) is 0 Å². The molecule has 2 aromatic rings. The number of amides is 1. The van der Waals surface area contributed by atoms with Gasteiger partial charge in [-0.15, -0.1) is 0 Å². The van der Waals surface area contributed by atoms with Crippen molar-refractivity contribution in [2.75, 3.05) is 13.1 Å². The third-order valence-electron chi connectivity index (χ3n) is 4.91. The van der Waals surface area contributed by atoms with Crippen molar-refractivity contribution in [1.82, 2.24) is 4.90 Å². The van der Waals surface area contributed by atoms with Crippen molar-refractivity contribution in [3.8, 4) is 0 Å². The maximum atomic E-state index is 12.6. The van der Waals surface area contributed by atoms with Crippen LogP contribution in [0.25, 0.3) is 0 Å². The Morgan fingerprint density at radius 2 is 1.68 bits per heavy atom. The predicted molar refractivity (Wildman–Crippen MR) is 96.9 cm³/mol. The minimum Gasteiger partial charge on any atom is -0.388 e. The smallest absolute Gasteiger partial charge is 0.251 e. The Balaban J connectivity index is 1.61. The van der Waals surface area contributed by atoms with Crippen LogP contribution < -0.4 is 0 Å². The standard InChI is InChI=1S/C21H25NO3/c23-19(14-16-8-3-1-4-9-16)21(25)22-13-7-12-18(15-22)20(24)17-10-5-2-6-11-17/h1-6,8-11,18-20,23-24H,7,12-15H2. The summed E-state index contributed by atoms with van der Waals surface area (Å²) in [6.07, 6.45) is 0.438. The van der Waals surface area contributed by atoms with E-state index in [0.717, 1.165) is 24.0 Å². The van der Waals surface area contributed by atoms with Gasteiger partial charge in [-0.05, 0) is 24.0 Å². The van der Waals surface area contributed by atoms with E-state index in [-0.39, 0.29) is 11.8 Å². The second-order valence-electron chi connectivity index (χ2n) is 6.75. The Morgan fingerprint density at radius 1 is 1.04 bits per heavy atom. The normalized spacial score (nSPS) is 20.1. The van der Waals surface area contributed by atoms with E-state index < -0.39 is 12.2 Å². The first-order chi connectivity index (χ1) is 12.1. The molecule has 2 aromatic carbocycles. The summed E-state index contributed by atoms with van der Waals surface area (Å²) in [6.45, 7) is 1.13. The molecule has 1 amide bonds. The first-order valence-corrected chi connectivity index (χ1v) is 8.89. The molecule has 0 aromatic heterocycles. The van der Waals surface area contributed by atoms with Gasteiger partial charge in [-0.25, -0.2) is 0 Å². The lowest BCUT2D eigenvalue weighted by molar-refractivity contribution is -0.143. The summed E-state index contributed by atoms with van der Waals surface area (Å²) < 4.78 is 0. The fourth-order valence-corrected chi connectivity index (χ4v) is 3.53. The van der Waals surface area contributed by atoms with E-state index in [9.17, 15) is 15.0 Å². The number of aliphatic hydroxyl groups is 2. The monoisotopic (exact) mass is 339 g/mol. The number of carbonyl (C=O) groups is 1. The molecule has 4 nitrogen and oxygen atoms in total. The highest BCUT2D eigenvalue weighted by Gasteiger charge is 2.31. The Labute approximate surface area is 148 Å². The van der Waals surface area contributed by atoms with Crippen molar-refractivity contribution < 1.29 is 15.0 Å². The molecule has 2 N–H and O–H groups in total. The van der Waals surface area contributed by atoms with E-state index in [1.165, 1.54) is 0 Å². The van der Waals surface area contributed by atoms with Crippen LogP contribution in [0.4, 0.5) is 0 Å². The molecule has 0 bridgehead atoms. The summed E-state index contributed by atoms with van der Waals surface area (Å²) in [7, 11) is 0. The maximum absolute atomic E-state index is 12.6. The van der Waals surface area contributed by atoms with E-state index in [2.05, 4.69) is 0 Å². The fourth-order valence-electron chi connectivity index (χ4n) is 3.53. The van der Waals surface area contributed by atoms with Crippen LogP contribution in [0.15, 0.2) is 60.7 Å². The van der Waals surface area contributed by atoms with Gasteiger partial charge in [0.05, 0.1) is 6.10 Å². The van der Waals surface area contributed by atoms with Crippen LogP contribution in [-0.4, -0.2) is 40.2 Å². The van der Waals surface area contributed by atoms with Gasteiger partial charge >= 0.3 is 0 Å². The number of piperidine rings is 1. The van der Waals surface area contributed by atoms with Crippen LogP contribution >= 0.6 is 0 Å². The number of carbonyl (C=O) groups excluding carboxylic acids is 1. The first-order valence-electron chi connectivity index (χ1n) is 8.89. The number of hydrogen-bond donors (Lipinski definition) is 2. The molecule has 0 radical (unpaired) electrons. The lowest BCUT2D eigenvalue weighted by Crippen LogP contribution is -2.46. The zero-order valence-electron chi connectivity index (χ0n) is 14.3. The highest BCUT2D eigenvalue weighted by molar-refractivity contribution is 5.81. The minimum atomic E-state index is -1.03. The Hall–Kier alpha value is -2.17. The summed E-state index contributed by atoms with van der Waals surface area (Å²) in [5.41, 5.74) is 1.83. The molecule has 3 rings (SSSR count). The molecule has 1 heterocycles. The number of rotatable bonds is 5. The predicted octanol–water partition coefficient (Wildman–Crippen LogP) is 2.56. The van der Waals surface area contributed by atoms with Gasteiger partial charge in [-0.2, -0.15) is 0 Å². The number of likely N-dealkylation sites (tertiary alicyclic amines) is 1. The van der Waals surface area contributed by atoms with Crippen molar-refractivity contribution in [2.24, 2.45) is 5.92 Å². The molecule has 132 valence electrons. The molecule has 3 atom stereocenters. The second kappa shape index (κ2) is 8.28. The van der Waals surface area contributed by atoms with Gasteiger partial charge in [0.25, 0.3) is 5.91 Å². The summed E-state index contributed by atoms with van der Waals surface area (Å²) in [4.78, 5) is 14.3. The van der Waals surface area contributed by atoms with Gasteiger partial charge in [0, 0.05) is 25.4 Å². The number of nitrogens with zero attached hydrogens (tertiary/aromatic N) is 1. The van der Waals surface area contributed by atoms with Crippen LogP contribution in [0.1, 0.15) is 30.1 Å². The molecule has 4 heteroatoms. The van der Waals surface area contributed by atoms with Crippen LogP contribution in [0.2, 0.25) is 0 Å². The van der Waals surface area contributed by atoms with Gasteiger partial charge in [-0.1, -0.05) is 60.7 Å². The Kier molecular flexibility index (Phi) is 5.84. The third-order valence-corrected chi connectivity index (χ3v) is 4.91. The SMILES string of the molecule is O=C(C(O)Cc1ccccc1)N1CCCC(C(O)c2ccccc2)C1. The fraction of sp³-hybridized carbons (Fsp3) is 0.381. The van der Waals surface area contributed by atoms with Crippen molar-refractivity contribution in [3.63, 3.8) is 0 Å². The van der Waals surface area contributed by atoms with Crippen molar-refractivity contribution in [3.05, 3.63) is 71.8 Å². The highest BCUT2D eigenvalue weighted by atomic mass is 16.3. The summed E-state index contributed by atoms with van der Waals surface area (Å²) in [5, 5.41) is 20.9. The van der Waals surface area contributed by atoms with Crippen molar-refractivity contribution in [1.29, 1.82) is 0 Å². The summed E-state index contributed by atoms with van der Waals surface area (Å²) >= 11 is 0. The Bertz CT molecular complexity index is 674. The van der Waals surface area contributed by atoms with Crippen LogP contribution in [0, 0.1) is 5.92 Å². The van der Waals surface area contributed by atoms with Crippen LogP contribution in [0.3, 0.4) is 0 Å². The van der Waals surface area contributed by atoms with E-state index in [4.69, 9.17) is 0 Å². The lowest BCUT2D eigenvalue weighted by atomic mass is 9.88. The van der Waals surface area contributed by atoms with E-state index in [1.54, 1.807) is 4.90 Å². The average molecular weight is 339 g/mol. The maximum Gasteiger partial charge on any atom is 0.251 e. The molecular formula is C21H25NO3. The van der Waals surface area contributed by atoms with Crippen molar-refractivity contribution >= 4 is 5.91 Å². The first kappa shape index (κ1) is 17.6. The molecule has 3 unspecified atom stereocenters. The van der Waals surface area contributed by atoms with Gasteiger partial charge in [0.1, 0.15) is 6.10 Å². The van der Waals surface area contributed by atoms with Crippen LogP contribution in [0.5, 0.6) is 0 Å². The molecule has 0 aliphatic carbocycles. The molecule has 1 aliphatic rings. The van der Waals surface area contributed by atoms with E-state index in [1.807, 2.05) is 60.7 Å². The largest absolute Gasteiger partial charge is 0.388 e. The van der Waals surface area contributed by atoms with Gasteiger partial charge in [0.15, 0.2) is 0 Å². The summed E-state index contributed by atoms with van der Waals surface area (Å²) in [5.74, 6) is -0.238. The van der Waals surface area contributed by atoms with Crippen LogP contribution in [-0.2, 0) is 11.2 Å². The van der Waals surface area contributed by atoms with Gasteiger partial charge < -0.3 is 15.1 Å². The topological polar surface area (TPSA) is 60.8 Å². The molecule has 0 spiro atoms. The zero-order chi connectivity index (χ0) is 17.6. The highest BCUT2D eigenvalue weighted by Crippen LogP contribution is 2.30. The quantitative estimate of drug-likeness (QED) is 0.880. The average Bonchev–Trinajstić information content (AvgIpc) is 2.68. The molecular weight excluding hydrogens is 314 g/mol. The summed E-state index contributed by atoms with van der Waals surface area (Å²) in [6, 6.07) is 19.1. The second-order valence-corrected chi connectivity index (χ2v) is 6.75. The lowest BCUT2D eigenvalue weighted by Gasteiger charge is -2.36. The van der Waals surface area contributed by atoms with Crippen molar-refractivity contribution in [2.45, 2.75) is 31.5 Å². The molecule has 1 aliphatic heterocycles. The van der Waals surface area contributed by atoms with E-state index in [0.29, 0.717) is 19.5 Å². The zero-order valence-corrected chi connectivity index (χ0v) is 14.3. The number of aliphatic hydroxyl groups excluding tert-OH is 2. The molecule has 0 saturated carbocycles. The molecule has 1 saturated heterocycles. The Morgan fingerprint density at radius 3 is 2.36 bits per heavy atom. The molecule has 1 fully saturated rings. The minimum absolute atomic E-state index is 0.00373. The van der Waals surface area contributed by atoms with Gasteiger partial charge in [-0.3, -0.25) is 4.79 Å². The number of hydrogen-bond acceptors (Lipinski definition) is 3.